The van der Waals surface area contributed by atoms with Crippen LogP contribution < -0.4 is 5.56 Å². The number of nitrogens with zero attached hydrogens (tertiary/aromatic N) is 2. The van der Waals surface area contributed by atoms with Gasteiger partial charge < -0.3 is 4.74 Å². The van der Waals surface area contributed by atoms with Crippen molar-refractivity contribution in [1.29, 1.82) is 0 Å². The first-order chi connectivity index (χ1) is 11.5. The summed E-state index contributed by atoms with van der Waals surface area (Å²) in [4.78, 5) is 29.7. The fraction of sp³-hybridized carbons (Fsp3) is 0.235. The van der Waals surface area contributed by atoms with Gasteiger partial charge in [0.05, 0.1) is 12.5 Å². The quantitative estimate of drug-likeness (QED) is 0.406. The molecule has 7 heteroatoms. The summed E-state index contributed by atoms with van der Waals surface area (Å²) < 4.78 is 6.22. The summed E-state index contributed by atoms with van der Waals surface area (Å²) in [5, 5.41) is 2.64. The van der Waals surface area contributed by atoms with Crippen LogP contribution in [0.4, 0.5) is 0 Å². The van der Waals surface area contributed by atoms with Gasteiger partial charge in [0.25, 0.3) is 5.56 Å². The van der Waals surface area contributed by atoms with Gasteiger partial charge in [-0.05, 0) is 12.5 Å². The first-order valence-electron chi connectivity index (χ1n) is 7.31. The van der Waals surface area contributed by atoms with E-state index in [1.54, 1.807) is 14.0 Å². The van der Waals surface area contributed by atoms with Crippen LogP contribution in [0.15, 0.2) is 45.7 Å². The van der Waals surface area contributed by atoms with E-state index in [4.69, 9.17) is 4.74 Å². The first-order valence-corrected chi connectivity index (χ1v) is 9.07. The van der Waals surface area contributed by atoms with Gasteiger partial charge in [0, 0.05) is 18.0 Å². The highest BCUT2D eigenvalue weighted by Gasteiger charge is 2.20. The minimum atomic E-state index is -0.431. The third-order valence-corrected chi connectivity index (χ3v) is 5.67. The van der Waals surface area contributed by atoms with Gasteiger partial charge in [0.2, 0.25) is 0 Å². The van der Waals surface area contributed by atoms with Crippen LogP contribution in [0.25, 0.3) is 21.3 Å². The van der Waals surface area contributed by atoms with E-state index in [9.17, 15) is 9.59 Å². The van der Waals surface area contributed by atoms with Crippen molar-refractivity contribution in [1.82, 2.24) is 9.55 Å². The summed E-state index contributed by atoms with van der Waals surface area (Å²) >= 11 is 2.65. The van der Waals surface area contributed by atoms with E-state index in [-0.39, 0.29) is 11.5 Å². The highest BCUT2D eigenvalue weighted by molar-refractivity contribution is 8.00. The van der Waals surface area contributed by atoms with Crippen molar-refractivity contribution < 1.29 is 9.53 Å². The van der Waals surface area contributed by atoms with Crippen LogP contribution in [0.5, 0.6) is 0 Å². The lowest BCUT2D eigenvalue weighted by atomic mass is 10.1. The molecular formula is C17H16N2O3S2. The second-order valence-corrected chi connectivity index (χ2v) is 7.40. The van der Waals surface area contributed by atoms with Gasteiger partial charge in [-0.3, -0.25) is 14.2 Å². The summed E-state index contributed by atoms with van der Waals surface area (Å²) in [6, 6.07) is 9.78. The molecule has 0 aliphatic heterocycles. The van der Waals surface area contributed by atoms with E-state index in [0.29, 0.717) is 15.4 Å². The molecule has 24 heavy (non-hydrogen) atoms. The topological polar surface area (TPSA) is 61.2 Å². The number of thiophene rings is 1. The van der Waals surface area contributed by atoms with E-state index < -0.39 is 5.25 Å². The number of esters is 1. The van der Waals surface area contributed by atoms with Crippen LogP contribution in [0.3, 0.4) is 0 Å². The molecule has 124 valence electrons. The van der Waals surface area contributed by atoms with Gasteiger partial charge in [-0.2, -0.15) is 0 Å². The first kappa shape index (κ1) is 16.7. The molecule has 0 aliphatic rings. The van der Waals surface area contributed by atoms with Crippen molar-refractivity contribution in [3.05, 3.63) is 46.1 Å². The van der Waals surface area contributed by atoms with Crippen molar-refractivity contribution in [2.24, 2.45) is 7.05 Å². The molecule has 0 fully saturated rings. The van der Waals surface area contributed by atoms with Gasteiger partial charge in [0.15, 0.2) is 5.16 Å². The lowest BCUT2D eigenvalue weighted by molar-refractivity contribution is -0.139. The molecule has 5 nitrogen and oxygen atoms in total. The predicted molar refractivity (Wildman–Crippen MR) is 97.6 cm³/mol. The molecule has 1 atom stereocenters. The minimum absolute atomic E-state index is 0.111. The third-order valence-electron chi connectivity index (χ3n) is 3.67. The molecule has 0 saturated carbocycles. The summed E-state index contributed by atoms with van der Waals surface area (Å²) in [5.74, 6) is -0.342. The van der Waals surface area contributed by atoms with E-state index in [1.165, 1.54) is 34.8 Å². The van der Waals surface area contributed by atoms with Gasteiger partial charge >= 0.3 is 5.97 Å². The number of hydrogen-bond donors (Lipinski definition) is 0. The Hall–Kier alpha value is -2.12. The van der Waals surface area contributed by atoms with Gasteiger partial charge in [0.1, 0.15) is 10.1 Å². The maximum absolute atomic E-state index is 12.8. The molecule has 0 N–H and O–H groups in total. The van der Waals surface area contributed by atoms with E-state index >= 15 is 0 Å². The molecule has 2 aromatic heterocycles. The molecular weight excluding hydrogens is 344 g/mol. The van der Waals surface area contributed by atoms with Crippen molar-refractivity contribution in [3.63, 3.8) is 0 Å². The normalized spacial score (nSPS) is 12.3. The molecule has 1 unspecified atom stereocenters. The van der Waals surface area contributed by atoms with Gasteiger partial charge in [-0.15, -0.1) is 11.3 Å². The number of benzene rings is 1. The number of aromatic nitrogens is 2. The smallest absolute Gasteiger partial charge is 0.318 e. The van der Waals surface area contributed by atoms with Crippen LogP contribution in [0, 0.1) is 0 Å². The number of hydrogen-bond acceptors (Lipinski definition) is 6. The zero-order valence-corrected chi connectivity index (χ0v) is 15.1. The fourth-order valence-corrected chi connectivity index (χ4v) is 4.25. The zero-order valence-electron chi connectivity index (χ0n) is 13.5. The molecule has 0 spiro atoms. The largest absolute Gasteiger partial charge is 0.468 e. The highest BCUT2D eigenvalue weighted by Crippen LogP contribution is 2.32. The summed E-state index contributed by atoms with van der Waals surface area (Å²) in [7, 11) is 3.02. The molecule has 0 radical (unpaired) electrons. The van der Waals surface area contributed by atoms with Crippen molar-refractivity contribution in [2.45, 2.75) is 17.3 Å². The average molecular weight is 360 g/mol. The summed E-state index contributed by atoms with van der Waals surface area (Å²) in [6.45, 7) is 1.73. The molecule has 0 aliphatic carbocycles. The van der Waals surface area contributed by atoms with Gasteiger partial charge in [-0.1, -0.05) is 42.1 Å². The Morgan fingerprint density at radius 2 is 2.04 bits per heavy atom. The van der Waals surface area contributed by atoms with Crippen LogP contribution >= 0.6 is 23.1 Å². The minimum Gasteiger partial charge on any atom is -0.468 e. The number of fused-ring (bicyclic) bond motifs is 1. The van der Waals surface area contributed by atoms with Crippen molar-refractivity contribution in [2.75, 3.05) is 7.11 Å². The third kappa shape index (κ3) is 2.97. The number of rotatable bonds is 4. The molecule has 0 bridgehead atoms. The van der Waals surface area contributed by atoms with Crippen LogP contribution in [-0.4, -0.2) is 27.9 Å². The maximum Gasteiger partial charge on any atom is 0.318 e. The molecule has 3 rings (SSSR count). The second kappa shape index (κ2) is 6.78. The van der Waals surface area contributed by atoms with Crippen molar-refractivity contribution >= 4 is 39.3 Å². The van der Waals surface area contributed by atoms with E-state index in [1.807, 2.05) is 35.7 Å². The molecule has 0 amide bonds. The number of ether oxygens (including phenoxy) is 1. The van der Waals surface area contributed by atoms with Gasteiger partial charge in [-0.25, -0.2) is 4.98 Å². The Kier molecular flexibility index (Phi) is 4.73. The standard InChI is InChI=1S/C17H16N2O3S2/c1-10(16(21)22-3)24-17-18-14-13(15(20)19(17)2)12(9-23-14)11-7-5-4-6-8-11/h4-10H,1-3H3. The van der Waals surface area contributed by atoms with E-state index in [0.717, 1.165) is 11.1 Å². The Bertz CT molecular complexity index is 948. The second-order valence-electron chi connectivity index (χ2n) is 5.24. The summed E-state index contributed by atoms with van der Waals surface area (Å²) in [6.07, 6.45) is 0. The Balaban J connectivity index is 2.10. The van der Waals surface area contributed by atoms with E-state index in [2.05, 4.69) is 4.98 Å². The SMILES string of the molecule is COC(=O)C(C)Sc1nc2scc(-c3ccccc3)c2c(=O)n1C. The molecule has 3 aromatic rings. The lowest BCUT2D eigenvalue weighted by Gasteiger charge is -2.11. The maximum atomic E-state index is 12.8. The Morgan fingerprint density at radius 1 is 1.33 bits per heavy atom. The summed E-state index contributed by atoms with van der Waals surface area (Å²) in [5.41, 5.74) is 1.77. The molecule has 1 aromatic carbocycles. The molecule has 0 saturated heterocycles. The van der Waals surface area contributed by atoms with Crippen LogP contribution in [0.1, 0.15) is 6.92 Å². The Morgan fingerprint density at radius 3 is 2.71 bits per heavy atom. The molecule has 2 heterocycles. The zero-order chi connectivity index (χ0) is 17.3. The predicted octanol–water partition coefficient (Wildman–Crippen LogP) is 3.32. The van der Waals surface area contributed by atoms with Crippen molar-refractivity contribution in [3.8, 4) is 11.1 Å². The number of carbonyl (C=O) groups is 1. The number of thioether (sulfide) groups is 1. The van der Waals surface area contributed by atoms with Crippen LogP contribution in [-0.2, 0) is 16.6 Å². The monoisotopic (exact) mass is 360 g/mol. The fourth-order valence-electron chi connectivity index (χ4n) is 2.36. The highest BCUT2D eigenvalue weighted by atomic mass is 32.2. The van der Waals surface area contributed by atoms with Crippen LogP contribution in [0.2, 0.25) is 0 Å². The number of methoxy groups -OCH3 is 1. The number of carbonyl (C=O) groups excluding carboxylic acids is 1. The average Bonchev–Trinajstić information content (AvgIpc) is 3.03. The lowest BCUT2D eigenvalue weighted by Crippen LogP contribution is -2.22. The Labute approximate surface area is 147 Å².